The van der Waals surface area contributed by atoms with Crippen molar-refractivity contribution in [2.45, 2.75) is 20.3 Å². The fraction of sp³-hybridized carbons (Fsp3) is 0.533. The second kappa shape index (κ2) is 6.74. The van der Waals surface area contributed by atoms with E-state index in [1.165, 1.54) is 0 Å². The molecular formula is C15H24N6O. The first-order valence-electron chi connectivity index (χ1n) is 7.38. The Labute approximate surface area is 130 Å². The van der Waals surface area contributed by atoms with Gasteiger partial charge in [0.05, 0.1) is 0 Å². The van der Waals surface area contributed by atoms with Gasteiger partial charge < -0.3 is 14.8 Å². The lowest BCUT2D eigenvalue weighted by Gasteiger charge is -2.09. The Morgan fingerprint density at radius 2 is 2.05 bits per heavy atom. The SMILES string of the molecule is Cc1c(-c2nnc(NCCCN(C)C)[nH]c2=O)cn(C)c1C. The number of hydrogen-bond donors (Lipinski definition) is 2. The maximum Gasteiger partial charge on any atom is 0.279 e. The lowest BCUT2D eigenvalue weighted by Crippen LogP contribution is -2.20. The molecule has 0 unspecified atom stereocenters. The third-order valence-electron chi connectivity index (χ3n) is 3.83. The lowest BCUT2D eigenvalue weighted by atomic mass is 10.1. The van der Waals surface area contributed by atoms with Crippen LogP contribution in [0.25, 0.3) is 11.3 Å². The first-order valence-corrected chi connectivity index (χ1v) is 7.38. The summed E-state index contributed by atoms with van der Waals surface area (Å²) in [6.45, 7) is 5.72. The van der Waals surface area contributed by atoms with Gasteiger partial charge in [-0.3, -0.25) is 9.78 Å². The van der Waals surface area contributed by atoms with Crippen LogP contribution in [0.4, 0.5) is 5.95 Å². The van der Waals surface area contributed by atoms with E-state index in [0.29, 0.717) is 11.6 Å². The molecule has 2 N–H and O–H groups in total. The van der Waals surface area contributed by atoms with Crippen LogP contribution in [0.3, 0.4) is 0 Å². The fourth-order valence-corrected chi connectivity index (χ4v) is 2.28. The van der Waals surface area contributed by atoms with Gasteiger partial charge in [-0.15, -0.1) is 10.2 Å². The van der Waals surface area contributed by atoms with Crippen molar-refractivity contribution < 1.29 is 0 Å². The van der Waals surface area contributed by atoms with Crippen molar-refractivity contribution in [2.24, 2.45) is 7.05 Å². The van der Waals surface area contributed by atoms with Gasteiger partial charge in [-0.05, 0) is 46.5 Å². The van der Waals surface area contributed by atoms with Crippen LogP contribution < -0.4 is 10.9 Å². The van der Waals surface area contributed by atoms with Crippen molar-refractivity contribution in [1.82, 2.24) is 24.6 Å². The molecule has 7 nitrogen and oxygen atoms in total. The number of H-pyrrole nitrogens is 1. The van der Waals surface area contributed by atoms with Crippen LogP contribution in [0, 0.1) is 13.8 Å². The van der Waals surface area contributed by atoms with Gasteiger partial charge in [-0.1, -0.05) is 0 Å². The number of aryl methyl sites for hydroxylation is 1. The molecule has 0 aliphatic rings. The van der Waals surface area contributed by atoms with Gasteiger partial charge >= 0.3 is 0 Å². The Bertz CT molecular complexity index is 701. The highest BCUT2D eigenvalue weighted by Crippen LogP contribution is 2.22. The minimum absolute atomic E-state index is 0.223. The average Bonchev–Trinajstić information content (AvgIpc) is 2.71. The monoisotopic (exact) mass is 304 g/mol. The number of anilines is 1. The molecule has 0 amide bonds. The zero-order valence-corrected chi connectivity index (χ0v) is 13.9. The molecular weight excluding hydrogens is 280 g/mol. The lowest BCUT2D eigenvalue weighted by molar-refractivity contribution is 0.405. The van der Waals surface area contributed by atoms with Crippen molar-refractivity contribution in [3.05, 3.63) is 27.8 Å². The van der Waals surface area contributed by atoms with Crippen molar-refractivity contribution in [3.63, 3.8) is 0 Å². The van der Waals surface area contributed by atoms with Crippen LogP contribution >= 0.6 is 0 Å². The Morgan fingerprint density at radius 3 is 2.59 bits per heavy atom. The van der Waals surface area contributed by atoms with E-state index in [4.69, 9.17) is 0 Å². The molecule has 0 spiro atoms. The molecule has 0 bridgehead atoms. The normalized spacial score (nSPS) is 11.2. The smallest absolute Gasteiger partial charge is 0.279 e. The Balaban J connectivity index is 2.13. The number of nitrogens with zero attached hydrogens (tertiary/aromatic N) is 4. The van der Waals surface area contributed by atoms with Crippen LogP contribution in [-0.2, 0) is 7.05 Å². The van der Waals surface area contributed by atoms with Gasteiger partial charge in [0.15, 0.2) is 5.69 Å². The zero-order valence-electron chi connectivity index (χ0n) is 13.9. The number of rotatable bonds is 6. The van der Waals surface area contributed by atoms with Crippen molar-refractivity contribution in [3.8, 4) is 11.3 Å². The summed E-state index contributed by atoms with van der Waals surface area (Å²) in [5.41, 5.74) is 3.13. The quantitative estimate of drug-likeness (QED) is 0.783. The van der Waals surface area contributed by atoms with Crippen LogP contribution in [0.5, 0.6) is 0 Å². The van der Waals surface area contributed by atoms with Crippen LogP contribution in [0.15, 0.2) is 11.0 Å². The van der Waals surface area contributed by atoms with E-state index in [0.717, 1.165) is 36.3 Å². The highest BCUT2D eigenvalue weighted by Gasteiger charge is 2.14. The van der Waals surface area contributed by atoms with Crippen molar-refractivity contribution in [2.75, 3.05) is 32.5 Å². The molecule has 0 radical (unpaired) electrons. The Hall–Kier alpha value is -2.15. The largest absolute Gasteiger partial charge is 0.354 e. The van der Waals surface area contributed by atoms with Gasteiger partial charge in [0, 0.05) is 31.0 Å². The molecule has 0 fully saturated rings. The average molecular weight is 304 g/mol. The Morgan fingerprint density at radius 1 is 1.32 bits per heavy atom. The summed E-state index contributed by atoms with van der Waals surface area (Å²) >= 11 is 0. The summed E-state index contributed by atoms with van der Waals surface area (Å²) < 4.78 is 1.99. The summed E-state index contributed by atoms with van der Waals surface area (Å²) in [5, 5.41) is 11.3. The highest BCUT2D eigenvalue weighted by atomic mass is 16.1. The molecule has 120 valence electrons. The predicted octanol–water partition coefficient (Wildman–Crippen LogP) is 1.15. The van der Waals surface area contributed by atoms with E-state index in [-0.39, 0.29) is 5.56 Å². The molecule has 0 atom stereocenters. The van der Waals surface area contributed by atoms with Crippen molar-refractivity contribution in [1.29, 1.82) is 0 Å². The highest BCUT2D eigenvalue weighted by molar-refractivity contribution is 5.63. The molecule has 0 aromatic carbocycles. The molecule has 0 saturated heterocycles. The molecule has 22 heavy (non-hydrogen) atoms. The fourth-order valence-electron chi connectivity index (χ4n) is 2.28. The molecule has 0 aliphatic carbocycles. The number of hydrogen-bond acceptors (Lipinski definition) is 5. The Kier molecular flexibility index (Phi) is 4.97. The molecule has 2 rings (SSSR count). The molecule has 2 aromatic rings. The molecule has 7 heteroatoms. The van der Waals surface area contributed by atoms with Gasteiger partial charge in [-0.25, -0.2) is 0 Å². The predicted molar refractivity (Wildman–Crippen MR) is 88.2 cm³/mol. The number of nitrogens with one attached hydrogen (secondary N) is 2. The summed E-state index contributed by atoms with van der Waals surface area (Å²) in [5.74, 6) is 0.415. The molecule has 0 aliphatic heterocycles. The summed E-state index contributed by atoms with van der Waals surface area (Å²) in [6.07, 6.45) is 2.88. The first-order chi connectivity index (χ1) is 10.4. The van der Waals surface area contributed by atoms with Crippen molar-refractivity contribution >= 4 is 5.95 Å². The van der Waals surface area contributed by atoms with Crippen LogP contribution in [0.1, 0.15) is 17.7 Å². The maximum absolute atomic E-state index is 12.2. The molecule has 2 heterocycles. The van der Waals surface area contributed by atoms with E-state index in [1.807, 2.05) is 45.8 Å². The maximum atomic E-state index is 12.2. The van der Waals surface area contributed by atoms with E-state index < -0.39 is 0 Å². The van der Waals surface area contributed by atoms with Gasteiger partial charge in [0.25, 0.3) is 5.56 Å². The second-order valence-electron chi connectivity index (χ2n) is 5.80. The van der Waals surface area contributed by atoms with Crippen LogP contribution in [0.2, 0.25) is 0 Å². The molecule has 0 saturated carbocycles. The minimum Gasteiger partial charge on any atom is -0.354 e. The van der Waals surface area contributed by atoms with E-state index in [2.05, 4.69) is 25.4 Å². The number of aromatic amines is 1. The second-order valence-corrected chi connectivity index (χ2v) is 5.80. The van der Waals surface area contributed by atoms with Gasteiger partial charge in [0.2, 0.25) is 5.95 Å². The standard InChI is InChI=1S/C15H24N6O/c1-10-11(2)21(5)9-12(10)13-14(22)17-15(19-18-13)16-7-6-8-20(3)4/h9H,6-8H2,1-5H3,(H2,16,17,19,22). The molecule has 2 aromatic heterocycles. The topological polar surface area (TPSA) is 78.8 Å². The van der Waals surface area contributed by atoms with E-state index >= 15 is 0 Å². The first kappa shape index (κ1) is 16.2. The summed E-state index contributed by atoms with van der Waals surface area (Å²) in [7, 11) is 6.01. The minimum atomic E-state index is -0.223. The summed E-state index contributed by atoms with van der Waals surface area (Å²) in [4.78, 5) is 17.1. The number of aromatic nitrogens is 4. The zero-order chi connectivity index (χ0) is 16.3. The van der Waals surface area contributed by atoms with Gasteiger partial charge in [0.1, 0.15) is 0 Å². The van der Waals surface area contributed by atoms with Gasteiger partial charge in [-0.2, -0.15) is 0 Å². The third kappa shape index (κ3) is 3.54. The third-order valence-corrected chi connectivity index (χ3v) is 3.83. The summed E-state index contributed by atoms with van der Waals surface area (Å²) in [6, 6.07) is 0. The van der Waals surface area contributed by atoms with E-state index in [1.54, 1.807) is 0 Å². The van der Waals surface area contributed by atoms with E-state index in [9.17, 15) is 4.79 Å². The van der Waals surface area contributed by atoms with Crippen LogP contribution in [-0.4, -0.2) is 51.8 Å².